The Labute approximate surface area is 74.2 Å². The van der Waals surface area contributed by atoms with E-state index in [1.807, 2.05) is 0 Å². The molecular formula is C11H16O. The highest BCUT2D eigenvalue weighted by atomic mass is 16.1. The van der Waals surface area contributed by atoms with Crippen LogP contribution in [0.15, 0.2) is 23.3 Å². The molecule has 1 aliphatic carbocycles. The van der Waals surface area contributed by atoms with Crippen LogP contribution in [-0.2, 0) is 4.79 Å². The summed E-state index contributed by atoms with van der Waals surface area (Å²) in [5.74, 6) is 0.804. The largest absolute Gasteiger partial charge is 0.295 e. The fraction of sp³-hybridized carbons (Fsp3) is 0.545. The van der Waals surface area contributed by atoms with E-state index in [-0.39, 0.29) is 5.78 Å². The standard InChI is InChI=1S/C11H16O/c1-4-10-7-8(2)5-6-11(10)9(3)12/h6-8H,4-5H2,1-3H3. The van der Waals surface area contributed by atoms with Crippen molar-refractivity contribution >= 4 is 5.78 Å². The molecular weight excluding hydrogens is 148 g/mol. The van der Waals surface area contributed by atoms with E-state index < -0.39 is 0 Å². The van der Waals surface area contributed by atoms with Crippen molar-refractivity contribution in [2.24, 2.45) is 5.92 Å². The van der Waals surface area contributed by atoms with Crippen molar-refractivity contribution < 1.29 is 4.79 Å². The van der Waals surface area contributed by atoms with Gasteiger partial charge in [-0.3, -0.25) is 4.79 Å². The summed E-state index contributed by atoms with van der Waals surface area (Å²) in [5, 5.41) is 0. The van der Waals surface area contributed by atoms with Crippen LogP contribution in [0.5, 0.6) is 0 Å². The maximum absolute atomic E-state index is 11.2. The number of rotatable bonds is 2. The summed E-state index contributed by atoms with van der Waals surface area (Å²) in [6.07, 6.45) is 6.27. The van der Waals surface area contributed by atoms with Gasteiger partial charge >= 0.3 is 0 Å². The molecule has 0 amide bonds. The third-order valence-electron chi connectivity index (χ3n) is 2.29. The zero-order valence-corrected chi connectivity index (χ0v) is 8.05. The minimum Gasteiger partial charge on any atom is -0.295 e. The molecule has 0 saturated heterocycles. The highest BCUT2D eigenvalue weighted by Crippen LogP contribution is 2.25. The number of allylic oxidation sites excluding steroid dienone is 4. The second-order valence-electron chi connectivity index (χ2n) is 3.43. The number of ketones is 1. The second-order valence-corrected chi connectivity index (χ2v) is 3.43. The molecule has 1 atom stereocenters. The van der Waals surface area contributed by atoms with E-state index in [2.05, 4.69) is 26.0 Å². The van der Waals surface area contributed by atoms with Crippen LogP contribution in [0, 0.1) is 5.92 Å². The van der Waals surface area contributed by atoms with Crippen LogP contribution >= 0.6 is 0 Å². The van der Waals surface area contributed by atoms with Crippen molar-refractivity contribution in [2.45, 2.75) is 33.6 Å². The quantitative estimate of drug-likeness (QED) is 0.613. The Kier molecular flexibility index (Phi) is 2.85. The van der Waals surface area contributed by atoms with Crippen LogP contribution in [0.3, 0.4) is 0 Å². The van der Waals surface area contributed by atoms with E-state index in [4.69, 9.17) is 0 Å². The first-order valence-corrected chi connectivity index (χ1v) is 4.57. The topological polar surface area (TPSA) is 17.1 Å². The summed E-state index contributed by atoms with van der Waals surface area (Å²) < 4.78 is 0. The highest BCUT2D eigenvalue weighted by Gasteiger charge is 2.14. The normalized spacial score (nSPS) is 23.1. The molecule has 1 unspecified atom stereocenters. The lowest BCUT2D eigenvalue weighted by molar-refractivity contribution is -0.113. The molecule has 0 aliphatic heterocycles. The molecule has 1 aliphatic rings. The zero-order chi connectivity index (χ0) is 9.14. The second kappa shape index (κ2) is 3.70. The molecule has 12 heavy (non-hydrogen) atoms. The summed E-state index contributed by atoms with van der Waals surface area (Å²) in [6.45, 7) is 5.93. The molecule has 0 heterocycles. The molecule has 1 heteroatoms. The smallest absolute Gasteiger partial charge is 0.159 e. The SMILES string of the molecule is CCC1=CC(C)CC=C1C(C)=O. The highest BCUT2D eigenvalue weighted by molar-refractivity contribution is 5.97. The van der Waals surface area contributed by atoms with Crippen molar-refractivity contribution in [3.63, 3.8) is 0 Å². The van der Waals surface area contributed by atoms with Gasteiger partial charge in [-0.05, 0) is 31.3 Å². The van der Waals surface area contributed by atoms with Gasteiger partial charge in [0.25, 0.3) is 0 Å². The van der Waals surface area contributed by atoms with Crippen molar-refractivity contribution in [2.75, 3.05) is 0 Å². The van der Waals surface area contributed by atoms with Crippen molar-refractivity contribution in [3.05, 3.63) is 23.3 Å². The van der Waals surface area contributed by atoms with Crippen molar-refractivity contribution in [1.82, 2.24) is 0 Å². The molecule has 0 aromatic rings. The Morgan fingerprint density at radius 1 is 1.67 bits per heavy atom. The van der Waals surface area contributed by atoms with E-state index in [0.717, 1.165) is 18.4 Å². The fourth-order valence-corrected chi connectivity index (χ4v) is 1.61. The Morgan fingerprint density at radius 2 is 2.33 bits per heavy atom. The molecule has 0 bridgehead atoms. The molecule has 0 spiro atoms. The van der Waals surface area contributed by atoms with Gasteiger partial charge in [0.1, 0.15) is 0 Å². The third kappa shape index (κ3) is 1.84. The van der Waals surface area contributed by atoms with Gasteiger partial charge in [-0.15, -0.1) is 0 Å². The van der Waals surface area contributed by atoms with Gasteiger partial charge in [-0.1, -0.05) is 26.0 Å². The number of hydrogen-bond donors (Lipinski definition) is 0. The van der Waals surface area contributed by atoms with E-state index >= 15 is 0 Å². The Balaban J connectivity index is 2.88. The summed E-state index contributed by atoms with van der Waals surface area (Å²) >= 11 is 0. The fourth-order valence-electron chi connectivity index (χ4n) is 1.61. The van der Waals surface area contributed by atoms with Gasteiger partial charge < -0.3 is 0 Å². The predicted octanol–water partition coefficient (Wildman–Crippen LogP) is 2.88. The summed E-state index contributed by atoms with van der Waals surface area (Å²) in [6, 6.07) is 0. The van der Waals surface area contributed by atoms with Gasteiger partial charge in [0.05, 0.1) is 0 Å². The van der Waals surface area contributed by atoms with E-state index in [9.17, 15) is 4.79 Å². The Bertz CT molecular complexity index is 246. The van der Waals surface area contributed by atoms with E-state index in [1.54, 1.807) is 6.92 Å². The predicted molar refractivity (Wildman–Crippen MR) is 50.9 cm³/mol. The number of Topliss-reactive ketones (excluding diaryl/α,β-unsaturated/α-hetero) is 1. The van der Waals surface area contributed by atoms with Gasteiger partial charge in [-0.2, -0.15) is 0 Å². The minimum atomic E-state index is 0.204. The maximum atomic E-state index is 11.2. The first kappa shape index (κ1) is 9.24. The lowest BCUT2D eigenvalue weighted by atomic mass is 9.88. The first-order valence-electron chi connectivity index (χ1n) is 4.57. The minimum absolute atomic E-state index is 0.204. The van der Waals surface area contributed by atoms with Crippen LogP contribution in [0.25, 0.3) is 0 Å². The average Bonchev–Trinajstić information content (AvgIpc) is 2.03. The summed E-state index contributed by atoms with van der Waals surface area (Å²) in [5.41, 5.74) is 2.16. The monoisotopic (exact) mass is 164 g/mol. The molecule has 1 nitrogen and oxygen atoms in total. The molecule has 0 fully saturated rings. The lowest BCUT2D eigenvalue weighted by Crippen LogP contribution is -2.07. The average molecular weight is 164 g/mol. The van der Waals surface area contributed by atoms with Crippen LogP contribution < -0.4 is 0 Å². The third-order valence-corrected chi connectivity index (χ3v) is 2.29. The van der Waals surface area contributed by atoms with Crippen LogP contribution in [-0.4, -0.2) is 5.78 Å². The molecule has 66 valence electrons. The molecule has 0 radical (unpaired) electrons. The summed E-state index contributed by atoms with van der Waals surface area (Å²) in [7, 11) is 0. The number of carbonyl (C=O) groups is 1. The van der Waals surface area contributed by atoms with Crippen molar-refractivity contribution in [3.8, 4) is 0 Å². The Morgan fingerprint density at radius 3 is 2.83 bits per heavy atom. The lowest BCUT2D eigenvalue weighted by Gasteiger charge is -2.16. The molecule has 1 rings (SSSR count). The molecule has 0 N–H and O–H groups in total. The zero-order valence-electron chi connectivity index (χ0n) is 8.05. The van der Waals surface area contributed by atoms with Gasteiger partial charge in [0.2, 0.25) is 0 Å². The van der Waals surface area contributed by atoms with Crippen LogP contribution in [0.4, 0.5) is 0 Å². The molecule has 0 saturated carbocycles. The van der Waals surface area contributed by atoms with Crippen LogP contribution in [0.1, 0.15) is 33.6 Å². The van der Waals surface area contributed by atoms with E-state index in [0.29, 0.717) is 5.92 Å². The first-order chi connectivity index (χ1) is 5.65. The number of hydrogen-bond acceptors (Lipinski definition) is 1. The summed E-state index contributed by atoms with van der Waals surface area (Å²) in [4.78, 5) is 11.2. The molecule has 0 aromatic heterocycles. The van der Waals surface area contributed by atoms with Gasteiger partial charge in [0, 0.05) is 5.57 Å². The number of carbonyl (C=O) groups excluding carboxylic acids is 1. The molecule has 0 aromatic carbocycles. The van der Waals surface area contributed by atoms with E-state index in [1.165, 1.54) is 5.57 Å². The van der Waals surface area contributed by atoms with Crippen LogP contribution in [0.2, 0.25) is 0 Å². The van der Waals surface area contributed by atoms with Crippen molar-refractivity contribution in [1.29, 1.82) is 0 Å². The van der Waals surface area contributed by atoms with Gasteiger partial charge in [0.15, 0.2) is 5.78 Å². The Hall–Kier alpha value is -0.850. The maximum Gasteiger partial charge on any atom is 0.159 e. The van der Waals surface area contributed by atoms with Gasteiger partial charge in [-0.25, -0.2) is 0 Å².